The maximum Gasteiger partial charge on any atom is 0.191 e. The Kier molecular flexibility index (Phi) is 5.95. The van der Waals surface area contributed by atoms with Gasteiger partial charge in [0.25, 0.3) is 0 Å². The molecule has 0 spiro atoms. The number of rotatable bonds is 3. The van der Waals surface area contributed by atoms with E-state index >= 15 is 0 Å². The van der Waals surface area contributed by atoms with E-state index in [0.29, 0.717) is 0 Å². The summed E-state index contributed by atoms with van der Waals surface area (Å²) in [6, 6.07) is 8.05. The van der Waals surface area contributed by atoms with Crippen LogP contribution in [0.1, 0.15) is 12.8 Å². The van der Waals surface area contributed by atoms with Crippen molar-refractivity contribution in [1.29, 1.82) is 0 Å². The third-order valence-corrected chi connectivity index (χ3v) is 5.95. The summed E-state index contributed by atoms with van der Waals surface area (Å²) in [5.74, 6) is 4.00. The number of anilines is 1. The Hall–Kier alpha value is -1.07. The van der Waals surface area contributed by atoms with E-state index in [1.165, 1.54) is 30.0 Å². The lowest BCUT2D eigenvalue weighted by atomic mass is 10.0. The van der Waals surface area contributed by atoms with Gasteiger partial charge in [-0.25, -0.2) is 0 Å². The number of thioether (sulfide) groups is 1. The largest absolute Gasteiger partial charge is 0.370 e. The van der Waals surface area contributed by atoms with E-state index in [-0.39, 0.29) is 0 Å². The summed E-state index contributed by atoms with van der Waals surface area (Å²) in [7, 11) is 0. The number of piperazine rings is 1. The molecule has 0 aromatic heterocycles. The maximum absolute atomic E-state index is 6.20. The molecule has 1 aromatic carbocycles. The van der Waals surface area contributed by atoms with Gasteiger partial charge in [0.05, 0.1) is 0 Å². The number of benzene rings is 1. The second-order valence-electron chi connectivity index (χ2n) is 6.21. The minimum atomic E-state index is 0.721. The molecule has 0 atom stereocenters. The predicted octanol–water partition coefficient (Wildman–Crippen LogP) is 2.92. The maximum atomic E-state index is 6.20. The molecule has 1 aromatic rings. The van der Waals surface area contributed by atoms with Crippen LogP contribution in [0.5, 0.6) is 0 Å². The predicted molar refractivity (Wildman–Crippen MR) is 102 cm³/mol. The normalized spacial score (nSPS) is 20.8. The van der Waals surface area contributed by atoms with Crippen LogP contribution < -0.4 is 10.6 Å². The minimum Gasteiger partial charge on any atom is -0.370 e. The molecular formula is C17H25ClN4S. The highest BCUT2D eigenvalue weighted by Gasteiger charge is 2.19. The van der Waals surface area contributed by atoms with Gasteiger partial charge in [0.15, 0.2) is 5.96 Å². The Morgan fingerprint density at radius 2 is 1.78 bits per heavy atom. The SMILES string of the molecule is NC(=NCC1CCSCC1)N1CCN(c2ccc(Cl)cc2)CC1. The van der Waals surface area contributed by atoms with Crippen LogP contribution in [0, 0.1) is 5.92 Å². The van der Waals surface area contributed by atoms with Crippen molar-refractivity contribution in [1.82, 2.24) is 4.90 Å². The molecule has 0 amide bonds. The molecule has 0 unspecified atom stereocenters. The monoisotopic (exact) mass is 352 g/mol. The van der Waals surface area contributed by atoms with Gasteiger partial charge in [-0.05, 0) is 54.5 Å². The summed E-state index contributed by atoms with van der Waals surface area (Å²) >= 11 is 8.01. The molecule has 2 N–H and O–H groups in total. The topological polar surface area (TPSA) is 44.9 Å². The van der Waals surface area contributed by atoms with E-state index in [2.05, 4.69) is 38.7 Å². The Morgan fingerprint density at radius 3 is 2.43 bits per heavy atom. The fraction of sp³-hybridized carbons (Fsp3) is 0.588. The lowest BCUT2D eigenvalue weighted by molar-refractivity contribution is 0.378. The van der Waals surface area contributed by atoms with Crippen molar-refractivity contribution >= 4 is 35.0 Å². The average Bonchev–Trinajstić information content (AvgIpc) is 2.61. The molecule has 23 heavy (non-hydrogen) atoms. The quantitative estimate of drug-likeness (QED) is 0.671. The number of guanidine groups is 1. The summed E-state index contributed by atoms with van der Waals surface area (Å²) in [6.07, 6.45) is 2.57. The molecule has 0 bridgehead atoms. The number of nitrogens with two attached hydrogens (primary N) is 1. The van der Waals surface area contributed by atoms with Crippen molar-refractivity contribution in [3.63, 3.8) is 0 Å². The number of nitrogens with zero attached hydrogens (tertiary/aromatic N) is 3. The van der Waals surface area contributed by atoms with Gasteiger partial charge in [0, 0.05) is 43.4 Å². The van der Waals surface area contributed by atoms with E-state index in [4.69, 9.17) is 17.3 Å². The number of aliphatic imine (C=N–C) groups is 1. The van der Waals surface area contributed by atoms with Crippen LogP contribution in [-0.4, -0.2) is 55.1 Å². The van der Waals surface area contributed by atoms with E-state index < -0.39 is 0 Å². The smallest absolute Gasteiger partial charge is 0.191 e. The molecular weight excluding hydrogens is 328 g/mol. The summed E-state index contributed by atoms with van der Waals surface area (Å²) in [4.78, 5) is 9.24. The van der Waals surface area contributed by atoms with Crippen molar-refractivity contribution in [2.45, 2.75) is 12.8 Å². The zero-order valence-electron chi connectivity index (χ0n) is 13.5. The van der Waals surface area contributed by atoms with Gasteiger partial charge in [-0.3, -0.25) is 4.99 Å². The minimum absolute atomic E-state index is 0.721. The molecule has 4 nitrogen and oxygen atoms in total. The van der Waals surface area contributed by atoms with Crippen LogP contribution in [-0.2, 0) is 0 Å². The molecule has 2 heterocycles. The molecule has 2 aliphatic rings. The summed E-state index contributed by atoms with van der Waals surface area (Å²) in [6.45, 7) is 4.69. The first-order valence-electron chi connectivity index (χ1n) is 8.35. The Balaban J connectivity index is 1.48. The van der Waals surface area contributed by atoms with Gasteiger partial charge in [0.2, 0.25) is 0 Å². The molecule has 6 heteroatoms. The lowest BCUT2D eigenvalue weighted by Gasteiger charge is -2.36. The van der Waals surface area contributed by atoms with Crippen LogP contribution >= 0.6 is 23.4 Å². The van der Waals surface area contributed by atoms with Gasteiger partial charge in [-0.1, -0.05) is 11.6 Å². The second kappa shape index (κ2) is 8.15. The molecule has 126 valence electrons. The lowest BCUT2D eigenvalue weighted by Crippen LogP contribution is -2.51. The van der Waals surface area contributed by atoms with Crippen LogP contribution in [0.15, 0.2) is 29.3 Å². The van der Waals surface area contributed by atoms with Gasteiger partial charge in [-0.15, -0.1) is 0 Å². The van der Waals surface area contributed by atoms with E-state index in [9.17, 15) is 0 Å². The van der Waals surface area contributed by atoms with Crippen molar-refractivity contribution in [2.75, 3.05) is 49.1 Å². The van der Waals surface area contributed by atoms with E-state index in [1.54, 1.807) is 0 Å². The number of hydrogen-bond donors (Lipinski definition) is 1. The molecule has 2 saturated heterocycles. The molecule has 0 aliphatic carbocycles. The summed E-state index contributed by atoms with van der Waals surface area (Å²) < 4.78 is 0. The standard InChI is InChI=1S/C17H25ClN4S/c18-15-1-3-16(4-2-15)21-7-9-22(10-8-21)17(19)20-13-14-5-11-23-12-6-14/h1-4,14H,5-13H2,(H2,19,20). The van der Waals surface area contributed by atoms with E-state index in [1.807, 2.05) is 12.1 Å². The number of halogens is 1. The first-order chi connectivity index (χ1) is 11.2. The average molecular weight is 353 g/mol. The van der Waals surface area contributed by atoms with Crippen molar-refractivity contribution in [3.05, 3.63) is 29.3 Å². The van der Waals surface area contributed by atoms with E-state index in [0.717, 1.165) is 49.6 Å². The Morgan fingerprint density at radius 1 is 1.13 bits per heavy atom. The van der Waals surface area contributed by atoms with Crippen LogP contribution in [0.4, 0.5) is 5.69 Å². The molecule has 0 saturated carbocycles. The fourth-order valence-electron chi connectivity index (χ4n) is 3.10. The van der Waals surface area contributed by atoms with Crippen molar-refractivity contribution in [3.8, 4) is 0 Å². The Labute approximate surface area is 148 Å². The number of hydrogen-bond acceptors (Lipinski definition) is 3. The summed E-state index contributed by atoms with van der Waals surface area (Å²) in [5.41, 5.74) is 7.43. The van der Waals surface area contributed by atoms with Gasteiger partial charge < -0.3 is 15.5 Å². The van der Waals surface area contributed by atoms with Crippen LogP contribution in [0.25, 0.3) is 0 Å². The van der Waals surface area contributed by atoms with Gasteiger partial charge in [0.1, 0.15) is 0 Å². The Bertz CT molecular complexity index is 520. The zero-order valence-corrected chi connectivity index (χ0v) is 15.0. The van der Waals surface area contributed by atoms with Crippen LogP contribution in [0.2, 0.25) is 5.02 Å². The first-order valence-corrected chi connectivity index (χ1v) is 9.89. The van der Waals surface area contributed by atoms with Crippen LogP contribution in [0.3, 0.4) is 0 Å². The van der Waals surface area contributed by atoms with Crippen molar-refractivity contribution in [2.24, 2.45) is 16.6 Å². The third-order valence-electron chi connectivity index (χ3n) is 4.65. The molecule has 3 rings (SSSR count). The first kappa shape index (κ1) is 16.8. The highest BCUT2D eigenvalue weighted by atomic mass is 35.5. The fourth-order valence-corrected chi connectivity index (χ4v) is 4.43. The molecule has 2 aliphatic heterocycles. The highest BCUT2D eigenvalue weighted by molar-refractivity contribution is 7.99. The molecule has 2 fully saturated rings. The molecule has 0 radical (unpaired) electrons. The second-order valence-corrected chi connectivity index (χ2v) is 7.87. The van der Waals surface area contributed by atoms with Gasteiger partial charge in [-0.2, -0.15) is 11.8 Å². The van der Waals surface area contributed by atoms with Gasteiger partial charge >= 0.3 is 0 Å². The van der Waals surface area contributed by atoms with Crippen molar-refractivity contribution < 1.29 is 0 Å². The highest BCUT2D eigenvalue weighted by Crippen LogP contribution is 2.23. The zero-order chi connectivity index (χ0) is 16.1. The third kappa shape index (κ3) is 4.70. The summed E-state index contributed by atoms with van der Waals surface area (Å²) in [5, 5.41) is 0.782.